The summed E-state index contributed by atoms with van der Waals surface area (Å²) in [7, 11) is -2.20. The van der Waals surface area contributed by atoms with E-state index in [1.165, 1.54) is 10.4 Å². The van der Waals surface area contributed by atoms with Gasteiger partial charge in [0.2, 0.25) is 10.0 Å². The Labute approximate surface area is 137 Å². The Kier molecular flexibility index (Phi) is 5.01. The predicted octanol–water partition coefficient (Wildman–Crippen LogP) is 2.19. The van der Waals surface area contributed by atoms with Crippen molar-refractivity contribution in [3.05, 3.63) is 23.3 Å². The molecule has 0 aliphatic carbocycles. The van der Waals surface area contributed by atoms with Crippen LogP contribution in [0.1, 0.15) is 30.9 Å². The Balaban J connectivity index is 2.45. The molecule has 0 spiro atoms. The first-order valence-electron chi connectivity index (χ1n) is 7.59. The highest BCUT2D eigenvalue weighted by Gasteiger charge is 2.38. The van der Waals surface area contributed by atoms with Gasteiger partial charge in [-0.15, -0.1) is 0 Å². The molecule has 1 heterocycles. The first kappa shape index (κ1) is 17.7. The van der Waals surface area contributed by atoms with Crippen LogP contribution in [0.2, 0.25) is 0 Å². The Morgan fingerprint density at radius 2 is 1.91 bits per heavy atom. The van der Waals surface area contributed by atoms with Gasteiger partial charge in [0.15, 0.2) is 0 Å². The number of nitrogens with zero attached hydrogens (tertiary/aromatic N) is 1. The molecule has 2 rings (SSSR count). The number of hydrogen-bond donors (Lipinski definition) is 1. The molecule has 0 bridgehead atoms. The molecule has 6 nitrogen and oxygen atoms in total. The Hall–Kier alpha value is -1.60. The van der Waals surface area contributed by atoms with Crippen molar-refractivity contribution >= 4 is 16.0 Å². The standard InChI is InChI=1S/C16H23NO5S/c1-10-5-6-13(16(18)19)9-17(10)23(20,21)15-8-7-14(22-4)11(2)12(15)3/h7-8,10,13H,5-6,9H2,1-4H3,(H,18,19). The number of benzene rings is 1. The maximum Gasteiger partial charge on any atom is 0.307 e. The van der Waals surface area contributed by atoms with E-state index in [1.807, 2.05) is 13.8 Å². The molecule has 1 aliphatic heterocycles. The molecule has 0 aromatic heterocycles. The molecule has 1 saturated heterocycles. The van der Waals surface area contributed by atoms with Crippen molar-refractivity contribution in [1.29, 1.82) is 0 Å². The molecule has 128 valence electrons. The van der Waals surface area contributed by atoms with Gasteiger partial charge in [0.1, 0.15) is 5.75 Å². The van der Waals surface area contributed by atoms with E-state index in [0.29, 0.717) is 24.2 Å². The van der Waals surface area contributed by atoms with Crippen LogP contribution in [0, 0.1) is 19.8 Å². The number of aliphatic carboxylic acids is 1. The van der Waals surface area contributed by atoms with E-state index in [0.717, 1.165) is 5.56 Å². The van der Waals surface area contributed by atoms with E-state index in [9.17, 15) is 18.3 Å². The van der Waals surface area contributed by atoms with Crippen LogP contribution in [0.25, 0.3) is 0 Å². The van der Waals surface area contributed by atoms with Gasteiger partial charge in [-0.3, -0.25) is 4.79 Å². The summed E-state index contributed by atoms with van der Waals surface area (Å²) in [5.41, 5.74) is 1.40. The lowest BCUT2D eigenvalue weighted by Gasteiger charge is -2.35. The lowest BCUT2D eigenvalue weighted by Crippen LogP contribution is -2.47. The van der Waals surface area contributed by atoms with Gasteiger partial charge < -0.3 is 9.84 Å². The van der Waals surface area contributed by atoms with E-state index in [1.54, 1.807) is 20.1 Å². The third-order valence-electron chi connectivity index (χ3n) is 4.67. The normalized spacial score (nSPS) is 22.8. The molecule has 0 radical (unpaired) electrons. The molecule has 1 aliphatic rings. The summed E-state index contributed by atoms with van der Waals surface area (Å²) in [6, 6.07) is 2.96. The second-order valence-corrected chi connectivity index (χ2v) is 7.91. The molecule has 1 aromatic rings. The fourth-order valence-corrected chi connectivity index (χ4v) is 5.00. The van der Waals surface area contributed by atoms with Crippen molar-refractivity contribution in [1.82, 2.24) is 4.31 Å². The maximum atomic E-state index is 13.0. The molecule has 2 unspecified atom stereocenters. The Bertz CT molecular complexity index is 713. The van der Waals surface area contributed by atoms with E-state index in [2.05, 4.69) is 0 Å². The van der Waals surface area contributed by atoms with Crippen LogP contribution in [0.4, 0.5) is 0 Å². The molecule has 23 heavy (non-hydrogen) atoms. The SMILES string of the molecule is COc1ccc(S(=O)(=O)N2CC(C(=O)O)CCC2C)c(C)c1C. The van der Waals surface area contributed by atoms with Crippen LogP contribution in [0.15, 0.2) is 17.0 Å². The highest BCUT2D eigenvalue weighted by Crippen LogP contribution is 2.32. The van der Waals surface area contributed by atoms with Gasteiger partial charge in [-0.1, -0.05) is 0 Å². The van der Waals surface area contributed by atoms with Gasteiger partial charge in [0.25, 0.3) is 0 Å². The van der Waals surface area contributed by atoms with Gasteiger partial charge >= 0.3 is 5.97 Å². The second kappa shape index (κ2) is 6.49. The van der Waals surface area contributed by atoms with Crippen LogP contribution in [0.5, 0.6) is 5.75 Å². The minimum atomic E-state index is -3.74. The second-order valence-electron chi connectivity index (χ2n) is 6.05. The summed E-state index contributed by atoms with van der Waals surface area (Å²) >= 11 is 0. The van der Waals surface area contributed by atoms with Crippen molar-refractivity contribution in [3.8, 4) is 5.75 Å². The Morgan fingerprint density at radius 3 is 2.48 bits per heavy atom. The maximum absolute atomic E-state index is 13.0. The number of piperidine rings is 1. The van der Waals surface area contributed by atoms with Crippen molar-refractivity contribution < 1.29 is 23.1 Å². The van der Waals surface area contributed by atoms with Crippen LogP contribution in [-0.4, -0.2) is 43.5 Å². The van der Waals surface area contributed by atoms with E-state index in [-0.39, 0.29) is 17.5 Å². The van der Waals surface area contributed by atoms with Crippen molar-refractivity contribution in [2.45, 2.75) is 44.6 Å². The van der Waals surface area contributed by atoms with Gasteiger partial charge in [-0.05, 0) is 56.9 Å². The number of methoxy groups -OCH3 is 1. The van der Waals surface area contributed by atoms with Crippen LogP contribution in [0.3, 0.4) is 0 Å². The predicted molar refractivity (Wildman–Crippen MR) is 86.2 cm³/mol. The number of carboxylic acid groups (broad SMARTS) is 1. The molecular weight excluding hydrogens is 318 g/mol. The smallest absolute Gasteiger partial charge is 0.307 e. The summed E-state index contributed by atoms with van der Waals surface area (Å²) in [6.45, 7) is 5.39. The zero-order chi connectivity index (χ0) is 17.4. The quantitative estimate of drug-likeness (QED) is 0.907. The van der Waals surface area contributed by atoms with E-state index < -0.39 is 21.9 Å². The van der Waals surface area contributed by atoms with Gasteiger partial charge in [-0.25, -0.2) is 8.42 Å². The van der Waals surface area contributed by atoms with Crippen molar-refractivity contribution in [2.75, 3.05) is 13.7 Å². The average molecular weight is 341 g/mol. The largest absolute Gasteiger partial charge is 0.496 e. The molecule has 1 fully saturated rings. The number of sulfonamides is 1. The summed E-state index contributed by atoms with van der Waals surface area (Å²) in [6.07, 6.45) is 1.05. The van der Waals surface area contributed by atoms with Crippen LogP contribution < -0.4 is 4.74 Å². The monoisotopic (exact) mass is 341 g/mol. The van der Waals surface area contributed by atoms with Crippen molar-refractivity contribution in [3.63, 3.8) is 0 Å². The zero-order valence-electron chi connectivity index (χ0n) is 13.9. The summed E-state index contributed by atoms with van der Waals surface area (Å²) in [5, 5.41) is 9.21. The minimum Gasteiger partial charge on any atom is -0.496 e. The number of carboxylic acids is 1. The van der Waals surface area contributed by atoms with E-state index >= 15 is 0 Å². The summed E-state index contributed by atoms with van der Waals surface area (Å²) in [5.74, 6) is -0.961. The van der Waals surface area contributed by atoms with Gasteiger partial charge in [-0.2, -0.15) is 4.31 Å². The fraction of sp³-hybridized carbons (Fsp3) is 0.562. The summed E-state index contributed by atoms with van der Waals surface area (Å²) in [4.78, 5) is 11.5. The topological polar surface area (TPSA) is 83.9 Å². The highest BCUT2D eigenvalue weighted by atomic mass is 32.2. The molecular formula is C16H23NO5S. The third kappa shape index (κ3) is 3.21. The van der Waals surface area contributed by atoms with E-state index in [4.69, 9.17) is 4.74 Å². The molecule has 7 heteroatoms. The number of rotatable bonds is 4. The molecule has 0 amide bonds. The van der Waals surface area contributed by atoms with Gasteiger partial charge in [0, 0.05) is 12.6 Å². The molecule has 0 saturated carbocycles. The molecule has 2 atom stereocenters. The first-order chi connectivity index (χ1) is 10.7. The Morgan fingerprint density at radius 1 is 1.26 bits per heavy atom. The zero-order valence-corrected chi connectivity index (χ0v) is 14.7. The number of ether oxygens (including phenoxy) is 1. The third-order valence-corrected chi connectivity index (χ3v) is 6.79. The van der Waals surface area contributed by atoms with Crippen LogP contribution in [-0.2, 0) is 14.8 Å². The highest BCUT2D eigenvalue weighted by molar-refractivity contribution is 7.89. The first-order valence-corrected chi connectivity index (χ1v) is 9.03. The number of carbonyl (C=O) groups is 1. The number of hydrogen-bond acceptors (Lipinski definition) is 4. The van der Waals surface area contributed by atoms with Gasteiger partial charge in [0.05, 0.1) is 17.9 Å². The fourth-order valence-electron chi connectivity index (χ4n) is 3.01. The minimum absolute atomic E-state index is 0.0172. The van der Waals surface area contributed by atoms with Crippen LogP contribution >= 0.6 is 0 Å². The molecule has 1 N–H and O–H groups in total. The summed E-state index contributed by atoms with van der Waals surface area (Å²) < 4.78 is 32.6. The lowest BCUT2D eigenvalue weighted by atomic mass is 9.96. The average Bonchev–Trinajstić information content (AvgIpc) is 2.49. The molecule has 1 aromatic carbocycles. The van der Waals surface area contributed by atoms with Crippen molar-refractivity contribution in [2.24, 2.45) is 5.92 Å². The lowest BCUT2D eigenvalue weighted by molar-refractivity contribution is -0.143.